The first-order valence-corrected chi connectivity index (χ1v) is 7.29. The van der Waals surface area contributed by atoms with Crippen LogP contribution >= 0.6 is 0 Å². The number of rotatable bonds is 9. The zero-order valence-corrected chi connectivity index (χ0v) is 15.3. The summed E-state index contributed by atoms with van der Waals surface area (Å²) >= 11 is 0. The first kappa shape index (κ1) is 23.0. The third-order valence-corrected chi connectivity index (χ3v) is 3.29. The minimum Gasteiger partial charge on any atom is -0.463 e. The summed E-state index contributed by atoms with van der Waals surface area (Å²) < 4.78 is 41.5. The van der Waals surface area contributed by atoms with Crippen LogP contribution in [0.3, 0.4) is 0 Å². The van der Waals surface area contributed by atoms with E-state index in [1.54, 1.807) is 0 Å². The second-order valence-corrected chi connectivity index (χ2v) is 5.03. The largest absolute Gasteiger partial charge is 1.00 e. The Labute approximate surface area is 145 Å². The van der Waals surface area contributed by atoms with E-state index in [1.807, 2.05) is 0 Å². The summed E-state index contributed by atoms with van der Waals surface area (Å²) in [5.74, 6) is -2.61. The summed E-state index contributed by atoms with van der Waals surface area (Å²) in [6, 6.07) is 0. The standard InChI is InChI=1S/C10H18O9S.Na/c1-4-16-9(12)10(17-5-2,20(13,14)15)7-8(11)19-18-6-3;/h4-7H2,1-3H3,(H,13,14,15);/q;+1. The van der Waals surface area contributed by atoms with E-state index in [-0.39, 0.29) is 49.4 Å². The van der Waals surface area contributed by atoms with E-state index in [0.29, 0.717) is 0 Å². The molecule has 0 fully saturated rings. The molecule has 0 spiro atoms. The predicted octanol–water partition coefficient (Wildman–Crippen LogP) is -2.94. The fraction of sp³-hybridized carbons (Fsp3) is 0.800. The summed E-state index contributed by atoms with van der Waals surface area (Å²) in [7, 11) is -5.08. The number of hydrogen-bond donors (Lipinski definition) is 1. The van der Waals surface area contributed by atoms with Gasteiger partial charge in [-0.3, -0.25) is 9.44 Å². The zero-order valence-electron chi connectivity index (χ0n) is 12.4. The van der Waals surface area contributed by atoms with Crippen LogP contribution < -0.4 is 29.6 Å². The van der Waals surface area contributed by atoms with E-state index < -0.39 is 33.4 Å². The van der Waals surface area contributed by atoms with E-state index in [9.17, 15) is 22.6 Å². The Hall–Kier alpha value is -0.230. The second-order valence-electron chi connectivity index (χ2n) is 3.42. The molecular formula is C10H18NaO9S+. The van der Waals surface area contributed by atoms with E-state index in [1.165, 1.54) is 20.8 Å². The molecule has 0 bridgehead atoms. The molecule has 118 valence electrons. The molecule has 1 atom stereocenters. The SMILES string of the molecule is CCOOC(=O)CC(OCC)(C(=O)OCC)S(=O)(=O)O.[Na+]. The zero-order chi connectivity index (χ0) is 15.8. The maximum Gasteiger partial charge on any atom is 1.00 e. The fourth-order valence-electron chi connectivity index (χ4n) is 1.27. The Bertz CT molecular complexity index is 436. The van der Waals surface area contributed by atoms with Crippen molar-refractivity contribution in [3.05, 3.63) is 0 Å². The third kappa shape index (κ3) is 6.59. The van der Waals surface area contributed by atoms with Gasteiger partial charge >= 0.3 is 56.5 Å². The smallest absolute Gasteiger partial charge is 0.463 e. The number of carbonyl (C=O) groups excluding carboxylic acids is 2. The van der Waals surface area contributed by atoms with Crippen molar-refractivity contribution in [3.63, 3.8) is 0 Å². The Morgan fingerprint density at radius 2 is 1.67 bits per heavy atom. The normalized spacial score (nSPS) is 13.7. The van der Waals surface area contributed by atoms with Gasteiger partial charge in [-0.1, -0.05) is 0 Å². The summed E-state index contributed by atoms with van der Waals surface area (Å²) in [6.45, 7) is 3.93. The third-order valence-electron chi connectivity index (χ3n) is 2.03. The van der Waals surface area contributed by atoms with Crippen molar-refractivity contribution in [2.24, 2.45) is 0 Å². The van der Waals surface area contributed by atoms with Gasteiger partial charge in [0.2, 0.25) is 0 Å². The van der Waals surface area contributed by atoms with Gasteiger partial charge < -0.3 is 9.47 Å². The van der Waals surface area contributed by atoms with Crippen molar-refractivity contribution in [2.45, 2.75) is 32.1 Å². The van der Waals surface area contributed by atoms with Crippen LogP contribution in [0.5, 0.6) is 0 Å². The van der Waals surface area contributed by atoms with Gasteiger partial charge in [-0.05, 0) is 20.8 Å². The molecule has 1 N–H and O–H groups in total. The van der Waals surface area contributed by atoms with Crippen LogP contribution in [0, 0.1) is 0 Å². The van der Waals surface area contributed by atoms with E-state index in [4.69, 9.17) is 4.74 Å². The Balaban J connectivity index is 0. The van der Waals surface area contributed by atoms with Crippen LogP contribution in [-0.4, -0.2) is 49.7 Å². The van der Waals surface area contributed by atoms with E-state index in [2.05, 4.69) is 14.5 Å². The van der Waals surface area contributed by atoms with Crippen LogP contribution in [0.2, 0.25) is 0 Å². The second kappa shape index (κ2) is 10.5. The number of esters is 1. The molecule has 11 heteroatoms. The molecule has 0 aromatic carbocycles. The number of hydrogen-bond acceptors (Lipinski definition) is 8. The van der Waals surface area contributed by atoms with Gasteiger partial charge in [-0.2, -0.15) is 13.3 Å². The molecule has 0 aromatic rings. The van der Waals surface area contributed by atoms with Gasteiger partial charge in [0, 0.05) is 6.61 Å². The molecule has 0 aliphatic rings. The summed E-state index contributed by atoms with van der Waals surface area (Å²) in [5, 5.41) is 0. The molecule has 0 aromatic heterocycles. The van der Waals surface area contributed by atoms with Gasteiger partial charge in [0.15, 0.2) is 0 Å². The van der Waals surface area contributed by atoms with Crippen molar-refractivity contribution >= 4 is 22.1 Å². The molecule has 0 heterocycles. The quantitative estimate of drug-likeness (QED) is 0.155. The van der Waals surface area contributed by atoms with Crippen LogP contribution in [-0.2, 0) is 39.0 Å². The van der Waals surface area contributed by atoms with E-state index in [0.717, 1.165) is 0 Å². The number of ether oxygens (including phenoxy) is 2. The van der Waals surface area contributed by atoms with Crippen molar-refractivity contribution in [2.75, 3.05) is 19.8 Å². The Kier molecular flexibility index (Phi) is 11.5. The average Bonchev–Trinajstić information content (AvgIpc) is 2.34. The molecule has 0 rings (SSSR count). The van der Waals surface area contributed by atoms with Gasteiger partial charge in [0.05, 0.1) is 13.2 Å². The van der Waals surface area contributed by atoms with Crippen molar-refractivity contribution in [3.8, 4) is 0 Å². The summed E-state index contributed by atoms with van der Waals surface area (Å²) in [4.78, 5) is 28.9. The van der Waals surface area contributed by atoms with Crippen molar-refractivity contribution < 1.29 is 71.4 Å². The first-order valence-electron chi connectivity index (χ1n) is 5.85. The summed E-state index contributed by atoms with van der Waals surface area (Å²) in [5.41, 5.74) is 0. The molecule has 21 heavy (non-hydrogen) atoms. The van der Waals surface area contributed by atoms with Crippen LogP contribution in [0.1, 0.15) is 27.2 Å². The van der Waals surface area contributed by atoms with Crippen LogP contribution in [0.4, 0.5) is 0 Å². The molecular weight excluding hydrogens is 319 g/mol. The van der Waals surface area contributed by atoms with Gasteiger partial charge in [-0.25, -0.2) is 9.59 Å². The molecule has 0 radical (unpaired) electrons. The predicted molar refractivity (Wildman–Crippen MR) is 64.9 cm³/mol. The molecule has 0 saturated heterocycles. The monoisotopic (exact) mass is 337 g/mol. The van der Waals surface area contributed by atoms with Gasteiger partial charge in [0.1, 0.15) is 6.42 Å². The van der Waals surface area contributed by atoms with Gasteiger partial charge in [0.25, 0.3) is 0 Å². The topological polar surface area (TPSA) is 125 Å². The molecule has 0 aliphatic heterocycles. The fourth-order valence-corrected chi connectivity index (χ4v) is 2.11. The molecule has 0 aliphatic carbocycles. The molecule has 1 unspecified atom stereocenters. The minimum absolute atomic E-state index is 0. The van der Waals surface area contributed by atoms with Crippen molar-refractivity contribution in [1.82, 2.24) is 0 Å². The molecule has 9 nitrogen and oxygen atoms in total. The first-order chi connectivity index (χ1) is 9.25. The van der Waals surface area contributed by atoms with Crippen LogP contribution in [0.25, 0.3) is 0 Å². The van der Waals surface area contributed by atoms with Gasteiger partial charge in [-0.15, -0.1) is 0 Å². The maximum atomic E-state index is 11.8. The molecule has 0 saturated carbocycles. The number of carbonyl (C=O) groups is 2. The van der Waals surface area contributed by atoms with E-state index >= 15 is 0 Å². The van der Waals surface area contributed by atoms with Crippen molar-refractivity contribution in [1.29, 1.82) is 0 Å². The maximum absolute atomic E-state index is 11.8. The molecule has 0 amide bonds. The minimum atomic E-state index is -5.08. The average molecular weight is 337 g/mol. The summed E-state index contributed by atoms with van der Waals surface area (Å²) in [6.07, 6.45) is -1.10. The Morgan fingerprint density at radius 1 is 1.10 bits per heavy atom. The van der Waals surface area contributed by atoms with Crippen LogP contribution in [0.15, 0.2) is 0 Å². The Morgan fingerprint density at radius 3 is 2.05 bits per heavy atom.